The number of hydrogen-bond acceptors (Lipinski definition) is 4. The largest absolute Gasteiger partial charge is 0.382 e. The van der Waals surface area contributed by atoms with Crippen LogP contribution >= 0.6 is 15.9 Å². The molecule has 0 aliphatic carbocycles. The minimum Gasteiger partial charge on any atom is -0.382 e. The number of anilines is 1. The first-order valence-corrected chi connectivity index (χ1v) is 6.54. The molecule has 1 atom stereocenters. The second kappa shape index (κ2) is 5.27. The fourth-order valence-corrected chi connectivity index (χ4v) is 2.34. The van der Waals surface area contributed by atoms with Crippen molar-refractivity contribution in [2.75, 3.05) is 18.5 Å². The Balaban J connectivity index is 1.95. The Labute approximate surface area is 115 Å². The van der Waals surface area contributed by atoms with Crippen LogP contribution in [0.3, 0.4) is 0 Å². The molecule has 1 heterocycles. The number of hydrogen-bond donors (Lipinski definition) is 1. The topological polar surface area (TPSA) is 54.3 Å². The Bertz CT molecular complexity index is 482. The van der Waals surface area contributed by atoms with E-state index in [0.717, 1.165) is 10.2 Å². The predicted molar refractivity (Wildman–Crippen MR) is 72.3 cm³/mol. The summed E-state index contributed by atoms with van der Waals surface area (Å²) in [6.45, 7) is 5.05. The summed E-state index contributed by atoms with van der Waals surface area (Å²) in [7, 11) is 0. The van der Waals surface area contributed by atoms with Crippen LogP contribution in [-0.4, -0.2) is 25.0 Å². The zero-order chi connectivity index (χ0) is 13.2. The number of rotatable bonds is 3. The fourth-order valence-electron chi connectivity index (χ4n) is 1.85. The Morgan fingerprint density at radius 1 is 1.50 bits per heavy atom. The fraction of sp³-hybridized carbons (Fsp3) is 0.462. The molecule has 1 aliphatic rings. The maximum atomic E-state index is 8.89. The summed E-state index contributed by atoms with van der Waals surface area (Å²) in [5.41, 5.74) is 1.52. The third-order valence-corrected chi connectivity index (χ3v) is 3.09. The van der Waals surface area contributed by atoms with Crippen molar-refractivity contribution >= 4 is 21.6 Å². The highest BCUT2D eigenvalue weighted by Crippen LogP contribution is 2.23. The highest BCUT2D eigenvalue weighted by molar-refractivity contribution is 9.10. The van der Waals surface area contributed by atoms with Gasteiger partial charge in [-0.1, -0.05) is 15.9 Å². The van der Waals surface area contributed by atoms with Crippen molar-refractivity contribution in [3.8, 4) is 6.07 Å². The Hall–Kier alpha value is -1.09. The molecule has 1 saturated heterocycles. The zero-order valence-corrected chi connectivity index (χ0v) is 12.0. The molecule has 4 nitrogen and oxygen atoms in total. The SMILES string of the molecule is CC1(C)OCC(CNc2cc(Br)cc(C#N)c2)O1. The Kier molecular flexibility index (Phi) is 3.91. The molecule has 1 aliphatic heterocycles. The third kappa shape index (κ3) is 3.45. The van der Waals surface area contributed by atoms with Crippen LogP contribution in [0.25, 0.3) is 0 Å². The molecule has 5 heteroatoms. The van der Waals surface area contributed by atoms with Crippen molar-refractivity contribution in [3.63, 3.8) is 0 Å². The highest BCUT2D eigenvalue weighted by atomic mass is 79.9. The molecule has 0 saturated carbocycles. The average molecular weight is 311 g/mol. The van der Waals surface area contributed by atoms with Gasteiger partial charge in [-0.2, -0.15) is 5.26 Å². The smallest absolute Gasteiger partial charge is 0.163 e. The molecule has 1 fully saturated rings. The lowest BCUT2D eigenvalue weighted by molar-refractivity contribution is -0.136. The summed E-state index contributed by atoms with van der Waals surface area (Å²) in [6, 6.07) is 7.65. The first kappa shape index (κ1) is 13.3. The molecular weight excluding hydrogens is 296 g/mol. The van der Waals surface area contributed by atoms with Gasteiger partial charge in [0.05, 0.1) is 18.2 Å². The molecule has 0 spiro atoms. The third-order valence-electron chi connectivity index (χ3n) is 2.63. The van der Waals surface area contributed by atoms with Crippen LogP contribution in [-0.2, 0) is 9.47 Å². The van der Waals surface area contributed by atoms with Gasteiger partial charge < -0.3 is 14.8 Å². The molecule has 0 radical (unpaired) electrons. The van der Waals surface area contributed by atoms with Crippen LogP contribution in [0.15, 0.2) is 22.7 Å². The van der Waals surface area contributed by atoms with Crippen LogP contribution < -0.4 is 5.32 Å². The van der Waals surface area contributed by atoms with E-state index < -0.39 is 5.79 Å². The molecule has 2 rings (SSSR count). The summed E-state index contributed by atoms with van der Waals surface area (Å²) in [6.07, 6.45) is 0.0320. The van der Waals surface area contributed by atoms with E-state index in [1.807, 2.05) is 26.0 Å². The van der Waals surface area contributed by atoms with Crippen LogP contribution in [0, 0.1) is 11.3 Å². The van der Waals surface area contributed by atoms with Crippen molar-refractivity contribution in [2.45, 2.75) is 25.7 Å². The molecule has 1 aromatic carbocycles. The summed E-state index contributed by atoms with van der Waals surface area (Å²) in [5, 5.41) is 12.1. The summed E-state index contributed by atoms with van der Waals surface area (Å²) in [5.74, 6) is -0.499. The molecule has 0 amide bonds. The Morgan fingerprint density at radius 3 is 2.89 bits per heavy atom. The van der Waals surface area contributed by atoms with E-state index >= 15 is 0 Å². The minimum atomic E-state index is -0.499. The van der Waals surface area contributed by atoms with Gasteiger partial charge in [-0.25, -0.2) is 0 Å². The van der Waals surface area contributed by atoms with Gasteiger partial charge in [-0.3, -0.25) is 0 Å². The summed E-state index contributed by atoms with van der Waals surface area (Å²) < 4.78 is 12.1. The monoisotopic (exact) mass is 310 g/mol. The molecular formula is C13H15BrN2O2. The molecule has 0 bridgehead atoms. The first-order valence-electron chi connectivity index (χ1n) is 5.75. The first-order chi connectivity index (χ1) is 8.48. The van der Waals surface area contributed by atoms with Gasteiger partial charge in [-0.15, -0.1) is 0 Å². The van der Waals surface area contributed by atoms with Crippen molar-refractivity contribution < 1.29 is 9.47 Å². The van der Waals surface area contributed by atoms with Gasteiger partial charge in [0.25, 0.3) is 0 Å². The number of halogens is 1. The van der Waals surface area contributed by atoms with Crippen molar-refractivity contribution in [1.82, 2.24) is 0 Å². The number of nitriles is 1. The predicted octanol–water partition coefficient (Wildman–Crippen LogP) is 2.88. The van der Waals surface area contributed by atoms with Crippen molar-refractivity contribution in [3.05, 3.63) is 28.2 Å². The molecule has 1 unspecified atom stereocenters. The second-order valence-electron chi connectivity index (χ2n) is 4.67. The highest BCUT2D eigenvalue weighted by Gasteiger charge is 2.32. The van der Waals surface area contributed by atoms with E-state index in [1.165, 1.54) is 0 Å². The molecule has 1 N–H and O–H groups in total. The lowest BCUT2D eigenvalue weighted by Crippen LogP contribution is -2.26. The zero-order valence-electron chi connectivity index (χ0n) is 10.4. The number of ether oxygens (including phenoxy) is 2. The maximum Gasteiger partial charge on any atom is 0.163 e. The standard InChI is InChI=1S/C13H15BrN2O2/c1-13(2)17-8-12(18-13)7-16-11-4-9(6-15)3-10(14)5-11/h3-5,12,16H,7-8H2,1-2H3. The van der Waals surface area contributed by atoms with Gasteiger partial charge in [0, 0.05) is 16.7 Å². The van der Waals surface area contributed by atoms with E-state index in [2.05, 4.69) is 27.3 Å². The van der Waals surface area contributed by atoms with Gasteiger partial charge in [0.2, 0.25) is 0 Å². The van der Waals surface area contributed by atoms with Gasteiger partial charge >= 0.3 is 0 Å². The molecule has 1 aromatic rings. The lowest BCUT2D eigenvalue weighted by Gasteiger charge is -2.17. The van der Waals surface area contributed by atoms with Crippen LogP contribution in [0.2, 0.25) is 0 Å². The van der Waals surface area contributed by atoms with Gasteiger partial charge in [0.1, 0.15) is 6.10 Å². The number of nitrogens with one attached hydrogen (secondary N) is 1. The Morgan fingerprint density at radius 2 is 2.28 bits per heavy atom. The van der Waals surface area contributed by atoms with Crippen molar-refractivity contribution in [2.24, 2.45) is 0 Å². The lowest BCUT2D eigenvalue weighted by atomic mass is 10.2. The van der Waals surface area contributed by atoms with E-state index in [4.69, 9.17) is 14.7 Å². The number of nitrogens with zero attached hydrogens (tertiary/aromatic N) is 1. The quantitative estimate of drug-likeness (QED) is 0.932. The van der Waals surface area contributed by atoms with Crippen LogP contribution in [0.1, 0.15) is 19.4 Å². The van der Waals surface area contributed by atoms with Crippen LogP contribution in [0.4, 0.5) is 5.69 Å². The number of benzene rings is 1. The summed E-state index contributed by atoms with van der Waals surface area (Å²) >= 11 is 3.38. The molecule has 96 valence electrons. The second-order valence-corrected chi connectivity index (χ2v) is 5.59. The van der Waals surface area contributed by atoms with E-state index in [1.54, 1.807) is 6.07 Å². The van der Waals surface area contributed by atoms with Crippen LogP contribution in [0.5, 0.6) is 0 Å². The molecule has 0 aromatic heterocycles. The van der Waals surface area contributed by atoms with Crippen molar-refractivity contribution in [1.29, 1.82) is 5.26 Å². The average Bonchev–Trinajstić information content (AvgIpc) is 2.65. The summed E-state index contributed by atoms with van der Waals surface area (Å²) in [4.78, 5) is 0. The normalized spacial score (nSPS) is 21.6. The van der Waals surface area contributed by atoms with Gasteiger partial charge in [-0.05, 0) is 32.0 Å². The van der Waals surface area contributed by atoms with Gasteiger partial charge in [0.15, 0.2) is 5.79 Å². The molecule has 18 heavy (non-hydrogen) atoms. The minimum absolute atomic E-state index is 0.0320. The van der Waals surface area contributed by atoms with E-state index in [-0.39, 0.29) is 6.10 Å². The maximum absolute atomic E-state index is 8.89. The van der Waals surface area contributed by atoms with E-state index in [0.29, 0.717) is 18.7 Å². The van der Waals surface area contributed by atoms with E-state index in [9.17, 15) is 0 Å².